The third-order valence-corrected chi connectivity index (χ3v) is 8.76. The summed E-state index contributed by atoms with van der Waals surface area (Å²) in [5, 5.41) is 14.4. The number of ether oxygens (including phenoxy) is 1. The molecule has 0 unspecified atom stereocenters. The predicted molar refractivity (Wildman–Crippen MR) is 161 cm³/mol. The highest BCUT2D eigenvalue weighted by Crippen LogP contribution is 2.45. The van der Waals surface area contributed by atoms with Gasteiger partial charge in [0.2, 0.25) is 5.91 Å². The first-order valence-corrected chi connectivity index (χ1v) is 16.3. The molecule has 1 saturated carbocycles. The molecule has 2 aliphatic heterocycles. The maximum atomic E-state index is 13.7. The minimum atomic E-state index is -4.38. The fourth-order valence-electron chi connectivity index (χ4n) is 5.51. The van der Waals surface area contributed by atoms with Gasteiger partial charge in [-0.3, -0.25) is 19.1 Å². The van der Waals surface area contributed by atoms with E-state index in [0.717, 1.165) is 12.8 Å². The maximum Gasteiger partial charge on any atom is 0.408 e. The summed E-state index contributed by atoms with van der Waals surface area (Å²) < 4.78 is 35.5. The standard InChI is InChI=1S/C30H40N6O7S/c1-29(2,3)33-28(40)43-24-12-8-6-4-5-7-10-21-18-30(21,32-25(37)23-11-9-17-36(23)26(24)38)27(39)35-44(41,42)34-22-15-13-20(19-31)14-16-22/h7,10,13-16,21,23-24,34H,4-6,8-9,11-12,17-18H2,1-3H3,(H,32,37)(H,33,40)(H,35,39)/t21-,23+,24+,30-/m1/s1. The molecule has 238 valence electrons. The molecule has 1 saturated heterocycles. The zero-order valence-corrected chi connectivity index (χ0v) is 26.0. The topological polar surface area (TPSA) is 187 Å². The summed E-state index contributed by atoms with van der Waals surface area (Å²) in [7, 11) is -4.38. The summed E-state index contributed by atoms with van der Waals surface area (Å²) in [6, 6.07) is 6.68. The van der Waals surface area contributed by atoms with E-state index in [1.807, 2.05) is 22.9 Å². The fraction of sp³-hybridized carbons (Fsp3) is 0.567. The number of fused-ring (bicyclic) bond motifs is 2. The molecule has 4 amide bonds. The van der Waals surface area contributed by atoms with E-state index in [1.165, 1.54) is 29.2 Å². The largest absolute Gasteiger partial charge is 0.436 e. The second-order valence-electron chi connectivity index (χ2n) is 12.5. The molecule has 1 aliphatic carbocycles. The molecule has 0 bridgehead atoms. The number of allylic oxidation sites excluding steroid dienone is 1. The van der Waals surface area contributed by atoms with E-state index < -0.39 is 63.2 Å². The van der Waals surface area contributed by atoms with Crippen LogP contribution in [0.4, 0.5) is 10.5 Å². The highest BCUT2D eigenvalue weighted by Gasteiger charge is 2.61. The van der Waals surface area contributed by atoms with Crippen molar-refractivity contribution in [1.82, 2.24) is 20.3 Å². The van der Waals surface area contributed by atoms with Crippen LogP contribution in [-0.2, 0) is 29.3 Å². The van der Waals surface area contributed by atoms with Crippen LogP contribution in [0.5, 0.6) is 0 Å². The summed E-state index contributed by atoms with van der Waals surface area (Å²) in [5.41, 5.74) is -1.60. The molecule has 3 aliphatic rings. The Morgan fingerprint density at radius 1 is 1.09 bits per heavy atom. The molecule has 0 radical (unpaired) electrons. The summed E-state index contributed by atoms with van der Waals surface area (Å²) in [6.45, 7) is 5.67. The zero-order chi connectivity index (χ0) is 32.1. The van der Waals surface area contributed by atoms with Crippen molar-refractivity contribution in [3.8, 4) is 6.07 Å². The molecule has 0 spiro atoms. The first kappa shape index (κ1) is 32.8. The first-order valence-electron chi connectivity index (χ1n) is 14.9. The normalized spacial score (nSPS) is 26.0. The van der Waals surface area contributed by atoms with Crippen LogP contribution >= 0.6 is 0 Å². The number of amides is 4. The highest BCUT2D eigenvalue weighted by atomic mass is 32.2. The SMILES string of the molecule is CC(C)(C)NC(=O)O[C@H]1CCCCCC=C[C@@H]2C[C@@]2(C(=O)NS(=O)(=O)Nc2ccc(C#N)cc2)NC(=O)[C@@H]2CCCN2C1=O. The average molecular weight is 629 g/mol. The zero-order valence-electron chi connectivity index (χ0n) is 25.2. The third-order valence-electron chi connectivity index (χ3n) is 7.81. The first-order chi connectivity index (χ1) is 20.7. The molecule has 1 aromatic rings. The number of hydrogen-bond donors (Lipinski definition) is 4. The van der Waals surface area contributed by atoms with Crippen LogP contribution in [0.3, 0.4) is 0 Å². The Morgan fingerprint density at radius 3 is 2.50 bits per heavy atom. The molecule has 44 heavy (non-hydrogen) atoms. The van der Waals surface area contributed by atoms with Gasteiger partial charge in [0.15, 0.2) is 6.10 Å². The summed E-state index contributed by atoms with van der Waals surface area (Å²) >= 11 is 0. The van der Waals surface area contributed by atoms with Gasteiger partial charge in [0.05, 0.1) is 17.3 Å². The van der Waals surface area contributed by atoms with E-state index in [2.05, 4.69) is 15.4 Å². The van der Waals surface area contributed by atoms with Gasteiger partial charge in [-0.1, -0.05) is 18.6 Å². The molecule has 2 fully saturated rings. The van der Waals surface area contributed by atoms with E-state index in [4.69, 9.17) is 10.00 Å². The average Bonchev–Trinajstić information content (AvgIpc) is 3.40. The van der Waals surface area contributed by atoms with Crippen molar-refractivity contribution in [2.45, 2.75) is 95.4 Å². The van der Waals surface area contributed by atoms with Crippen LogP contribution in [0.15, 0.2) is 36.4 Å². The second kappa shape index (κ2) is 13.3. The lowest BCUT2D eigenvalue weighted by atomic mass is 10.1. The third kappa shape index (κ3) is 8.28. The minimum Gasteiger partial charge on any atom is -0.436 e. The smallest absolute Gasteiger partial charge is 0.408 e. The van der Waals surface area contributed by atoms with E-state index >= 15 is 0 Å². The van der Waals surface area contributed by atoms with Gasteiger partial charge in [-0.25, -0.2) is 9.52 Å². The quantitative estimate of drug-likeness (QED) is 0.358. The number of hydrogen-bond acceptors (Lipinski definition) is 8. The molecule has 4 atom stereocenters. The van der Waals surface area contributed by atoms with Crippen molar-refractivity contribution in [2.75, 3.05) is 11.3 Å². The summed E-state index contributed by atoms with van der Waals surface area (Å²) in [5.74, 6) is -2.39. The van der Waals surface area contributed by atoms with Crippen molar-refractivity contribution >= 4 is 39.7 Å². The van der Waals surface area contributed by atoms with Crippen molar-refractivity contribution in [3.05, 3.63) is 42.0 Å². The van der Waals surface area contributed by atoms with Gasteiger partial charge in [0.25, 0.3) is 11.8 Å². The molecular formula is C30H40N6O7S. The number of nitrogens with zero attached hydrogens (tertiary/aromatic N) is 2. The van der Waals surface area contributed by atoms with Crippen LogP contribution in [0.2, 0.25) is 0 Å². The Kier molecular flexibility index (Phi) is 9.88. The Labute approximate surface area is 257 Å². The van der Waals surface area contributed by atoms with Crippen LogP contribution in [-0.4, -0.2) is 66.9 Å². The number of carbonyl (C=O) groups is 4. The van der Waals surface area contributed by atoms with Crippen LogP contribution in [0.1, 0.15) is 77.7 Å². The van der Waals surface area contributed by atoms with Crippen LogP contribution < -0.4 is 20.1 Å². The minimum absolute atomic E-state index is 0.146. The molecule has 0 aromatic heterocycles. The van der Waals surface area contributed by atoms with Gasteiger partial charge in [0.1, 0.15) is 11.6 Å². The maximum absolute atomic E-state index is 13.7. The van der Waals surface area contributed by atoms with Gasteiger partial charge in [-0.2, -0.15) is 13.7 Å². The number of benzene rings is 1. The van der Waals surface area contributed by atoms with Gasteiger partial charge in [-0.05, 0) is 90.0 Å². The predicted octanol–water partition coefficient (Wildman–Crippen LogP) is 2.61. The van der Waals surface area contributed by atoms with E-state index in [0.29, 0.717) is 37.7 Å². The lowest BCUT2D eigenvalue weighted by Gasteiger charge is -2.30. The Bertz CT molecular complexity index is 1450. The molecule has 4 rings (SSSR count). The van der Waals surface area contributed by atoms with Crippen molar-refractivity contribution < 1.29 is 32.3 Å². The number of nitriles is 1. The number of nitrogens with one attached hydrogen (secondary N) is 4. The Hall–Kier alpha value is -4.12. The molecule has 2 heterocycles. The molecule has 13 nitrogen and oxygen atoms in total. The van der Waals surface area contributed by atoms with Crippen molar-refractivity contribution in [3.63, 3.8) is 0 Å². The highest BCUT2D eigenvalue weighted by molar-refractivity contribution is 7.91. The lowest BCUT2D eigenvalue weighted by molar-refractivity contribution is -0.146. The Balaban J connectivity index is 1.52. The van der Waals surface area contributed by atoms with E-state index in [-0.39, 0.29) is 18.7 Å². The Morgan fingerprint density at radius 2 is 1.82 bits per heavy atom. The van der Waals surface area contributed by atoms with Gasteiger partial charge < -0.3 is 20.3 Å². The number of rotatable bonds is 5. The molecule has 1 aromatic carbocycles. The van der Waals surface area contributed by atoms with Crippen LogP contribution in [0, 0.1) is 17.2 Å². The van der Waals surface area contributed by atoms with Crippen LogP contribution in [0.25, 0.3) is 0 Å². The molecule has 4 N–H and O–H groups in total. The monoisotopic (exact) mass is 628 g/mol. The number of anilines is 1. The summed E-state index contributed by atoms with van der Waals surface area (Å²) in [6.07, 6.45) is 6.19. The van der Waals surface area contributed by atoms with E-state index in [1.54, 1.807) is 20.8 Å². The summed E-state index contributed by atoms with van der Waals surface area (Å²) in [4.78, 5) is 54.8. The molecular weight excluding hydrogens is 588 g/mol. The van der Waals surface area contributed by atoms with E-state index in [9.17, 15) is 27.6 Å². The number of carbonyl (C=O) groups excluding carboxylic acids is 4. The lowest BCUT2D eigenvalue weighted by Crippen LogP contribution is -2.57. The van der Waals surface area contributed by atoms with Crippen molar-refractivity contribution in [2.24, 2.45) is 5.92 Å². The van der Waals surface area contributed by atoms with Crippen molar-refractivity contribution in [1.29, 1.82) is 5.26 Å². The molecule has 14 heteroatoms. The fourth-order valence-corrected chi connectivity index (χ4v) is 6.43. The van der Waals surface area contributed by atoms with Gasteiger partial charge in [-0.15, -0.1) is 0 Å². The second-order valence-corrected chi connectivity index (χ2v) is 13.9. The van der Waals surface area contributed by atoms with Gasteiger partial charge in [0, 0.05) is 18.0 Å². The number of alkyl carbamates (subject to hydrolysis) is 1. The van der Waals surface area contributed by atoms with Gasteiger partial charge >= 0.3 is 16.3 Å².